The molecule has 2 nitrogen and oxygen atoms in total. The Morgan fingerprint density at radius 2 is 1.25 bits per heavy atom. The van der Waals surface area contributed by atoms with E-state index in [9.17, 15) is 0 Å². The molecule has 28 heavy (non-hydrogen) atoms. The molecule has 5 rings (SSSR count). The summed E-state index contributed by atoms with van der Waals surface area (Å²) in [5, 5.41) is 4.23. The highest BCUT2D eigenvalue weighted by Gasteiger charge is 2.41. The van der Waals surface area contributed by atoms with Crippen LogP contribution in [0.25, 0.3) is 10.8 Å². The van der Waals surface area contributed by atoms with Gasteiger partial charge in [0.05, 0.1) is 6.67 Å². The van der Waals surface area contributed by atoms with Crippen LogP contribution in [0.2, 0.25) is 13.1 Å². The molecule has 0 bridgehead atoms. The maximum absolute atomic E-state index is 2.65. The number of fused-ring (bicyclic) bond motifs is 3. The van der Waals surface area contributed by atoms with Gasteiger partial charge >= 0.3 is 0 Å². The van der Waals surface area contributed by atoms with Crippen LogP contribution >= 0.6 is 0 Å². The van der Waals surface area contributed by atoms with E-state index in [0.29, 0.717) is 0 Å². The maximum Gasteiger partial charge on any atom is 0.186 e. The summed E-state index contributed by atoms with van der Waals surface area (Å²) in [7, 11) is -1.93. The molecule has 0 fully saturated rings. The Morgan fingerprint density at radius 1 is 0.643 bits per heavy atom. The van der Waals surface area contributed by atoms with Crippen molar-refractivity contribution in [1.29, 1.82) is 0 Å². The molecule has 0 atom stereocenters. The molecule has 0 N–H and O–H groups in total. The SMILES string of the molecule is C[Si]1(C)c2c(ccc3ccccc23)N(c2ccccc2)CN1c1ccccc1. The zero-order valence-corrected chi connectivity index (χ0v) is 17.3. The van der Waals surface area contributed by atoms with E-state index in [4.69, 9.17) is 0 Å². The Morgan fingerprint density at radius 3 is 1.96 bits per heavy atom. The molecule has 4 aromatic rings. The van der Waals surface area contributed by atoms with E-state index in [-0.39, 0.29) is 0 Å². The first-order chi connectivity index (χ1) is 13.7. The van der Waals surface area contributed by atoms with Gasteiger partial charge < -0.3 is 9.47 Å². The molecule has 1 aliphatic rings. The molecule has 0 aliphatic carbocycles. The van der Waals surface area contributed by atoms with Crippen LogP contribution in [0, 0.1) is 0 Å². The summed E-state index contributed by atoms with van der Waals surface area (Å²) in [6.45, 7) is 5.83. The van der Waals surface area contributed by atoms with Crippen molar-refractivity contribution in [1.82, 2.24) is 0 Å². The predicted molar refractivity (Wildman–Crippen MR) is 123 cm³/mol. The van der Waals surface area contributed by atoms with Crippen LogP contribution in [0.1, 0.15) is 0 Å². The largest absolute Gasteiger partial charge is 0.376 e. The van der Waals surface area contributed by atoms with Gasteiger partial charge in [-0.15, -0.1) is 0 Å². The lowest BCUT2D eigenvalue weighted by molar-refractivity contribution is 0.936. The second kappa shape index (κ2) is 6.53. The van der Waals surface area contributed by atoms with Gasteiger partial charge in [0.15, 0.2) is 8.24 Å². The van der Waals surface area contributed by atoms with Crippen molar-refractivity contribution < 1.29 is 0 Å². The van der Waals surface area contributed by atoms with Crippen molar-refractivity contribution in [3.05, 3.63) is 97.1 Å². The van der Waals surface area contributed by atoms with Gasteiger partial charge in [-0.2, -0.15) is 0 Å². The number of hydrogen-bond donors (Lipinski definition) is 0. The summed E-state index contributed by atoms with van der Waals surface area (Å²) >= 11 is 0. The first-order valence-electron chi connectivity index (χ1n) is 9.84. The fourth-order valence-electron chi connectivity index (χ4n) is 4.50. The fraction of sp³-hybridized carbons (Fsp3) is 0.120. The van der Waals surface area contributed by atoms with E-state index in [1.54, 1.807) is 0 Å². The molecule has 0 saturated carbocycles. The van der Waals surface area contributed by atoms with Gasteiger partial charge in [-0.25, -0.2) is 0 Å². The molecular formula is C25H24N2Si. The van der Waals surface area contributed by atoms with Gasteiger partial charge in [0.2, 0.25) is 0 Å². The van der Waals surface area contributed by atoms with Crippen molar-refractivity contribution >= 4 is 41.3 Å². The quantitative estimate of drug-likeness (QED) is 0.401. The van der Waals surface area contributed by atoms with Crippen molar-refractivity contribution in [3.8, 4) is 0 Å². The molecule has 0 radical (unpaired) electrons. The van der Waals surface area contributed by atoms with Crippen molar-refractivity contribution in [2.24, 2.45) is 0 Å². The molecule has 138 valence electrons. The van der Waals surface area contributed by atoms with E-state index in [1.807, 2.05) is 0 Å². The molecule has 0 spiro atoms. The molecular weight excluding hydrogens is 356 g/mol. The summed E-state index contributed by atoms with van der Waals surface area (Å²) in [6, 6.07) is 35.0. The van der Waals surface area contributed by atoms with E-state index in [2.05, 4.69) is 120 Å². The highest BCUT2D eigenvalue weighted by atomic mass is 28.3. The second-order valence-corrected chi connectivity index (χ2v) is 12.1. The van der Waals surface area contributed by atoms with Gasteiger partial charge in [-0.1, -0.05) is 66.7 Å². The topological polar surface area (TPSA) is 6.48 Å². The Bertz CT molecular complexity index is 1120. The fourth-order valence-corrected chi connectivity index (χ4v) is 7.79. The molecule has 4 aromatic carbocycles. The third-order valence-electron chi connectivity index (χ3n) is 5.90. The lowest BCUT2D eigenvalue weighted by atomic mass is 10.1. The number of benzene rings is 4. The number of para-hydroxylation sites is 2. The zero-order valence-electron chi connectivity index (χ0n) is 16.3. The highest BCUT2D eigenvalue weighted by molar-refractivity contribution is 6.95. The number of rotatable bonds is 2. The smallest absolute Gasteiger partial charge is 0.186 e. The van der Waals surface area contributed by atoms with Crippen LogP contribution in [-0.2, 0) is 0 Å². The number of hydrogen-bond acceptors (Lipinski definition) is 2. The van der Waals surface area contributed by atoms with Crippen molar-refractivity contribution in [2.45, 2.75) is 13.1 Å². The molecule has 0 amide bonds. The average molecular weight is 381 g/mol. The first kappa shape index (κ1) is 17.1. The number of anilines is 3. The van der Waals surface area contributed by atoms with E-state index < -0.39 is 8.24 Å². The van der Waals surface area contributed by atoms with Crippen LogP contribution in [0.4, 0.5) is 17.1 Å². The Hall–Kier alpha value is -3.04. The van der Waals surface area contributed by atoms with E-state index >= 15 is 0 Å². The monoisotopic (exact) mass is 380 g/mol. The Balaban J connectivity index is 1.80. The highest BCUT2D eigenvalue weighted by Crippen LogP contribution is 2.37. The lowest BCUT2D eigenvalue weighted by Crippen LogP contribution is -2.65. The summed E-state index contributed by atoms with van der Waals surface area (Å²) < 4.78 is 2.65. The summed E-state index contributed by atoms with van der Waals surface area (Å²) in [4.78, 5) is 2.47. The van der Waals surface area contributed by atoms with E-state index in [0.717, 1.165) is 6.67 Å². The molecule has 0 saturated heterocycles. The molecule has 1 heterocycles. The Labute approximate surface area is 167 Å². The van der Waals surface area contributed by atoms with Gasteiger partial charge in [0.25, 0.3) is 0 Å². The van der Waals surface area contributed by atoms with Crippen LogP contribution < -0.4 is 14.7 Å². The zero-order chi connectivity index (χ0) is 19.1. The van der Waals surface area contributed by atoms with Crippen LogP contribution in [0.5, 0.6) is 0 Å². The number of nitrogens with zero attached hydrogens (tertiary/aromatic N) is 2. The van der Waals surface area contributed by atoms with E-state index in [1.165, 1.54) is 33.0 Å². The summed E-state index contributed by atoms with van der Waals surface area (Å²) in [5.41, 5.74) is 3.90. The van der Waals surface area contributed by atoms with Gasteiger partial charge in [0, 0.05) is 17.1 Å². The average Bonchev–Trinajstić information content (AvgIpc) is 2.74. The molecule has 3 heteroatoms. The third-order valence-corrected chi connectivity index (χ3v) is 9.40. The van der Waals surface area contributed by atoms with Gasteiger partial charge in [0.1, 0.15) is 0 Å². The minimum atomic E-state index is -1.93. The van der Waals surface area contributed by atoms with Crippen LogP contribution in [0.15, 0.2) is 97.1 Å². The van der Waals surface area contributed by atoms with Crippen LogP contribution in [0.3, 0.4) is 0 Å². The molecule has 1 aliphatic heterocycles. The third kappa shape index (κ3) is 2.62. The Kier molecular flexibility index (Phi) is 3.99. The maximum atomic E-state index is 2.65. The van der Waals surface area contributed by atoms with Crippen molar-refractivity contribution in [3.63, 3.8) is 0 Å². The summed E-state index contributed by atoms with van der Waals surface area (Å²) in [5.74, 6) is 0. The van der Waals surface area contributed by atoms with Crippen LogP contribution in [-0.4, -0.2) is 14.9 Å². The second-order valence-electron chi connectivity index (χ2n) is 7.91. The minimum absolute atomic E-state index is 0.874. The first-order valence-corrected chi connectivity index (χ1v) is 12.8. The molecule has 0 unspecified atom stereocenters. The minimum Gasteiger partial charge on any atom is -0.376 e. The van der Waals surface area contributed by atoms with Gasteiger partial charge in [-0.3, -0.25) is 0 Å². The van der Waals surface area contributed by atoms with Gasteiger partial charge in [-0.05, 0) is 59.4 Å². The predicted octanol–water partition coefficient (Wildman–Crippen LogP) is 5.87. The van der Waals surface area contributed by atoms with Crippen molar-refractivity contribution in [2.75, 3.05) is 16.1 Å². The lowest BCUT2D eigenvalue weighted by Gasteiger charge is -2.49. The standard InChI is InChI=1S/C25H24N2Si/c1-28(2)25-23-16-10-9-11-20(23)17-18-24(25)26(21-12-5-3-6-13-21)19-27(28)22-14-7-4-8-15-22/h3-18H,19H2,1-2H3. The normalized spacial score (nSPS) is 15.5. The molecule has 0 aromatic heterocycles. The summed E-state index contributed by atoms with van der Waals surface area (Å²) in [6.07, 6.45) is 0.